The van der Waals surface area contributed by atoms with Gasteiger partial charge in [-0.1, -0.05) is 31.9 Å². The van der Waals surface area contributed by atoms with E-state index in [1.807, 2.05) is 6.92 Å². The first kappa shape index (κ1) is 28.2. The molecule has 4 N–H and O–H groups in total. The summed E-state index contributed by atoms with van der Waals surface area (Å²) in [4.78, 5) is -2.68. The number of aliphatic hydroxyl groups is 1. The van der Waals surface area contributed by atoms with Gasteiger partial charge in [-0.2, -0.15) is 10.2 Å². The molecule has 1 aliphatic rings. The van der Waals surface area contributed by atoms with Crippen molar-refractivity contribution in [3.63, 3.8) is 0 Å². The van der Waals surface area contributed by atoms with Crippen LogP contribution in [-0.2, 0) is 34.0 Å². The van der Waals surface area contributed by atoms with E-state index < -0.39 is 39.9 Å². The van der Waals surface area contributed by atoms with Gasteiger partial charge in [0.2, 0.25) is 25.0 Å². The van der Waals surface area contributed by atoms with Gasteiger partial charge in [-0.25, -0.2) is 30.4 Å². The van der Waals surface area contributed by atoms with E-state index in [1.54, 1.807) is 0 Å². The molecule has 36 heavy (non-hydrogen) atoms. The first-order valence-corrected chi connectivity index (χ1v) is 16.4. The second-order valence-corrected chi connectivity index (χ2v) is 14.3. The maximum Gasteiger partial charge on any atom is 0.261 e. The molecular formula is C21H25ClN4O7S3. The number of rotatable bonds is 9. The summed E-state index contributed by atoms with van der Waals surface area (Å²) in [5.41, 5.74) is 0.170. The predicted molar refractivity (Wildman–Crippen MR) is 137 cm³/mol. The molecule has 3 rings (SSSR count). The minimum absolute atomic E-state index is 0.00379. The fourth-order valence-corrected chi connectivity index (χ4v) is 6.36. The number of primary sulfonamides is 1. The Kier molecular flexibility index (Phi) is 7.98. The number of benzene rings is 2. The van der Waals surface area contributed by atoms with Crippen LogP contribution in [0.15, 0.2) is 63.7 Å². The van der Waals surface area contributed by atoms with Crippen LogP contribution in [0.1, 0.15) is 37.3 Å². The van der Waals surface area contributed by atoms with Crippen molar-refractivity contribution in [1.29, 1.82) is 0 Å². The lowest BCUT2D eigenvalue weighted by molar-refractivity contribution is 0.0719. The monoisotopic (exact) mass is 576 g/mol. The molecule has 15 heteroatoms. The van der Waals surface area contributed by atoms with Crippen LogP contribution < -0.4 is 9.86 Å². The summed E-state index contributed by atoms with van der Waals surface area (Å²) in [5, 5.41) is 25.3. The van der Waals surface area contributed by atoms with E-state index in [2.05, 4.69) is 15.0 Å². The molecule has 2 atom stereocenters. The van der Waals surface area contributed by atoms with Crippen molar-refractivity contribution in [1.82, 2.24) is 0 Å². The second kappa shape index (κ2) is 10.2. The molecule has 0 aliphatic heterocycles. The summed E-state index contributed by atoms with van der Waals surface area (Å²) in [5.74, 6) is -1.01. The van der Waals surface area contributed by atoms with Gasteiger partial charge in [0.25, 0.3) is 9.05 Å². The van der Waals surface area contributed by atoms with Gasteiger partial charge in [0.15, 0.2) is 0 Å². The van der Waals surface area contributed by atoms with Crippen LogP contribution in [0.25, 0.3) is 5.70 Å². The van der Waals surface area contributed by atoms with Crippen LogP contribution in [0.3, 0.4) is 0 Å². The lowest BCUT2D eigenvalue weighted by Crippen LogP contribution is -2.48. The Morgan fingerprint density at radius 1 is 1.06 bits per heavy atom. The number of fused-ring (bicyclic) bond motifs is 1. The van der Waals surface area contributed by atoms with E-state index in [0.29, 0.717) is 12.8 Å². The molecule has 0 amide bonds. The third-order valence-electron chi connectivity index (χ3n) is 5.56. The summed E-state index contributed by atoms with van der Waals surface area (Å²) in [6.45, 7) is 1.90. The van der Waals surface area contributed by atoms with E-state index in [1.165, 1.54) is 48.5 Å². The van der Waals surface area contributed by atoms with Gasteiger partial charge in [0.05, 0.1) is 28.2 Å². The molecule has 11 nitrogen and oxygen atoms in total. The average Bonchev–Trinajstić information content (AvgIpc) is 2.76. The van der Waals surface area contributed by atoms with Gasteiger partial charge in [-0.15, -0.1) is 0 Å². The quantitative estimate of drug-likeness (QED) is 0.301. The molecular weight excluding hydrogens is 552 g/mol. The highest BCUT2D eigenvalue weighted by Crippen LogP contribution is 2.48. The Hall–Kier alpha value is -2.36. The molecule has 0 radical (unpaired) electrons. The number of halogens is 1. The third-order valence-corrected chi connectivity index (χ3v) is 8.91. The Balaban J connectivity index is 2.23. The summed E-state index contributed by atoms with van der Waals surface area (Å²) in [6.07, 6.45) is 3.84. The van der Waals surface area contributed by atoms with Crippen molar-refractivity contribution >= 4 is 56.9 Å². The van der Waals surface area contributed by atoms with Crippen LogP contribution in [0.4, 0.5) is 11.4 Å². The molecule has 2 unspecified atom stereocenters. The van der Waals surface area contributed by atoms with Gasteiger partial charge in [0, 0.05) is 27.7 Å². The molecule has 2 aromatic rings. The molecule has 2 aromatic carbocycles. The van der Waals surface area contributed by atoms with Crippen molar-refractivity contribution in [3.05, 3.63) is 59.7 Å². The first-order chi connectivity index (χ1) is 16.6. The first-order valence-electron chi connectivity index (χ1n) is 10.6. The summed E-state index contributed by atoms with van der Waals surface area (Å²) < 4.78 is 74.6. The summed E-state index contributed by atoms with van der Waals surface area (Å²) in [6, 6.07) is 9.32. The number of anilines is 1. The van der Waals surface area contributed by atoms with Crippen LogP contribution in [0, 0.1) is 5.92 Å². The smallest absolute Gasteiger partial charge is 0.261 e. The topological polar surface area (TPSA) is 185 Å². The van der Waals surface area contributed by atoms with Crippen molar-refractivity contribution in [2.45, 2.75) is 36.0 Å². The Morgan fingerprint density at radius 3 is 2.22 bits per heavy atom. The molecule has 0 saturated heterocycles. The van der Waals surface area contributed by atoms with Gasteiger partial charge in [-0.05, 0) is 42.8 Å². The SMILES string of the molecule is CCCCC1C=C(N=Nc2ccc(S(=O)(=O)Cl)cc2)c2c(NS(C)(=O)=O)cccc2C1(O)S(N)(=O)=O. The van der Waals surface area contributed by atoms with Crippen molar-refractivity contribution in [3.8, 4) is 0 Å². The Morgan fingerprint density at radius 2 is 1.69 bits per heavy atom. The maximum atomic E-state index is 12.7. The molecule has 0 spiro atoms. The number of nitrogens with zero attached hydrogens (tertiary/aromatic N) is 2. The van der Waals surface area contributed by atoms with E-state index in [0.717, 1.165) is 6.26 Å². The highest BCUT2D eigenvalue weighted by atomic mass is 35.7. The highest BCUT2D eigenvalue weighted by Gasteiger charge is 2.52. The molecule has 0 aromatic heterocycles. The van der Waals surface area contributed by atoms with E-state index in [9.17, 15) is 30.4 Å². The molecule has 0 saturated carbocycles. The second-order valence-electron chi connectivity index (χ2n) is 8.28. The minimum Gasteiger partial charge on any atom is -0.369 e. The number of hydrogen-bond acceptors (Lipinski definition) is 9. The average molecular weight is 577 g/mol. The highest BCUT2D eigenvalue weighted by molar-refractivity contribution is 8.13. The van der Waals surface area contributed by atoms with E-state index >= 15 is 0 Å². The number of azo groups is 1. The normalized spacial score (nSPS) is 20.7. The van der Waals surface area contributed by atoms with E-state index in [4.69, 9.17) is 15.8 Å². The largest absolute Gasteiger partial charge is 0.369 e. The molecule has 1 aliphatic carbocycles. The standard InChI is InChI=1S/C21H25ClN4O7S3/c1-3-4-6-14-13-19(25-24-15-9-11-16(12-10-15)35(22,30)31)20-17(21(14,27)36(23,32)33)7-5-8-18(20)26-34(2,28)29/h5,7-14,26-27H,3-4,6H2,1-2H3,(H2,23,32,33). The van der Waals surface area contributed by atoms with Gasteiger partial charge in [0.1, 0.15) is 0 Å². The van der Waals surface area contributed by atoms with Crippen molar-refractivity contribution in [2.24, 2.45) is 21.3 Å². The van der Waals surface area contributed by atoms with Gasteiger partial charge >= 0.3 is 0 Å². The van der Waals surface area contributed by atoms with Crippen LogP contribution >= 0.6 is 10.7 Å². The predicted octanol–water partition coefficient (Wildman–Crippen LogP) is 3.36. The lowest BCUT2D eigenvalue weighted by atomic mass is 9.81. The number of hydrogen-bond donors (Lipinski definition) is 3. The third kappa shape index (κ3) is 5.95. The Labute approximate surface area is 214 Å². The minimum atomic E-state index is -4.60. The number of unbranched alkanes of at least 4 members (excludes halogenated alkanes) is 1. The zero-order valence-corrected chi connectivity index (χ0v) is 22.5. The van der Waals surface area contributed by atoms with Gasteiger partial charge in [-0.3, -0.25) is 4.72 Å². The zero-order chi connectivity index (χ0) is 26.9. The van der Waals surface area contributed by atoms with Gasteiger partial charge < -0.3 is 5.11 Å². The van der Waals surface area contributed by atoms with Crippen molar-refractivity contribution in [2.75, 3.05) is 11.0 Å². The molecule has 0 fully saturated rings. The number of nitrogens with two attached hydrogens (primary N) is 1. The number of nitrogens with one attached hydrogen (secondary N) is 1. The maximum absolute atomic E-state index is 12.7. The fourth-order valence-electron chi connectivity index (χ4n) is 3.94. The van der Waals surface area contributed by atoms with E-state index in [-0.39, 0.29) is 39.5 Å². The van der Waals surface area contributed by atoms with Crippen LogP contribution in [0.5, 0.6) is 0 Å². The fraction of sp³-hybridized carbons (Fsp3) is 0.333. The number of sulfonamides is 2. The van der Waals surface area contributed by atoms with Crippen LogP contribution in [0.2, 0.25) is 0 Å². The summed E-state index contributed by atoms with van der Waals surface area (Å²) >= 11 is 0. The lowest BCUT2D eigenvalue weighted by Gasteiger charge is -2.38. The molecule has 0 bridgehead atoms. The van der Waals surface area contributed by atoms with Crippen LogP contribution in [-0.4, -0.2) is 36.6 Å². The molecule has 196 valence electrons. The Bertz CT molecular complexity index is 1540. The molecule has 0 heterocycles. The van der Waals surface area contributed by atoms with Crippen molar-refractivity contribution < 1.29 is 30.4 Å². The zero-order valence-electron chi connectivity index (χ0n) is 19.3. The summed E-state index contributed by atoms with van der Waals surface area (Å²) in [7, 11) is -7.00.